The van der Waals surface area contributed by atoms with Crippen molar-refractivity contribution in [1.29, 1.82) is 0 Å². The van der Waals surface area contributed by atoms with E-state index in [2.05, 4.69) is 50.7 Å². The molecule has 1 aliphatic rings. The summed E-state index contributed by atoms with van der Waals surface area (Å²) in [6.45, 7) is 4.21. The molecule has 25 heavy (non-hydrogen) atoms. The van der Waals surface area contributed by atoms with E-state index in [4.69, 9.17) is 4.74 Å². The first-order valence-corrected chi connectivity index (χ1v) is 8.72. The van der Waals surface area contributed by atoms with Crippen molar-refractivity contribution in [2.75, 3.05) is 7.11 Å². The van der Waals surface area contributed by atoms with Gasteiger partial charge in [-0.25, -0.2) is 9.67 Å². The van der Waals surface area contributed by atoms with Crippen molar-refractivity contribution in [3.63, 3.8) is 0 Å². The second-order valence-electron chi connectivity index (χ2n) is 6.66. The van der Waals surface area contributed by atoms with E-state index in [-0.39, 0.29) is 0 Å². The maximum atomic E-state index is 5.12. The van der Waals surface area contributed by atoms with E-state index in [0.29, 0.717) is 12.6 Å². The Morgan fingerprint density at radius 2 is 2.16 bits per heavy atom. The average Bonchev–Trinajstić information content (AvgIpc) is 3.02. The highest BCUT2D eigenvalue weighted by atomic mass is 16.5. The molecule has 0 spiro atoms. The van der Waals surface area contributed by atoms with Crippen LogP contribution in [0.15, 0.2) is 30.3 Å². The lowest BCUT2D eigenvalue weighted by Crippen LogP contribution is -2.37. The van der Waals surface area contributed by atoms with Crippen LogP contribution in [0.1, 0.15) is 29.3 Å². The van der Waals surface area contributed by atoms with Gasteiger partial charge < -0.3 is 10.1 Å². The van der Waals surface area contributed by atoms with Gasteiger partial charge in [0.2, 0.25) is 0 Å². The SMILES string of the molecule is COCc1nc2n(n1)CC(NCc1ccc3nc(C)ccc3c1)CC2. The summed E-state index contributed by atoms with van der Waals surface area (Å²) in [7, 11) is 1.67. The minimum atomic E-state index is 0.413. The summed E-state index contributed by atoms with van der Waals surface area (Å²) >= 11 is 0. The number of pyridine rings is 1. The zero-order valence-corrected chi connectivity index (χ0v) is 14.7. The van der Waals surface area contributed by atoms with Crippen LogP contribution in [0.25, 0.3) is 10.9 Å². The van der Waals surface area contributed by atoms with Gasteiger partial charge >= 0.3 is 0 Å². The molecule has 4 rings (SSSR count). The number of rotatable bonds is 5. The fourth-order valence-corrected chi connectivity index (χ4v) is 3.37. The summed E-state index contributed by atoms with van der Waals surface area (Å²) in [5.74, 6) is 1.84. The number of hydrogen-bond donors (Lipinski definition) is 1. The first-order valence-electron chi connectivity index (χ1n) is 8.72. The van der Waals surface area contributed by atoms with E-state index in [1.165, 1.54) is 10.9 Å². The predicted molar refractivity (Wildman–Crippen MR) is 96.2 cm³/mol. The molecular weight excluding hydrogens is 314 g/mol. The van der Waals surface area contributed by atoms with E-state index in [9.17, 15) is 0 Å². The molecule has 1 N–H and O–H groups in total. The van der Waals surface area contributed by atoms with Crippen LogP contribution in [0.2, 0.25) is 0 Å². The molecule has 1 atom stereocenters. The number of aromatic nitrogens is 4. The molecule has 130 valence electrons. The van der Waals surface area contributed by atoms with Gasteiger partial charge in [0.05, 0.1) is 12.1 Å². The van der Waals surface area contributed by atoms with Crippen LogP contribution in [-0.2, 0) is 30.9 Å². The Hall–Kier alpha value is -2.31. The molecule has 0 aliphatic carbocycles. The number of benzene rings is 1. The van der Waals surface area contributed by atoms with Crippen molar-refractivity contribution in [2.24, 2.45) is 0 Å². The van der Waals surface area contributed by atoms with Crippen molar-refractivity contribution in [2.45, 2.75) is 45.5 Å². The number of fused-ring (bicyclic) bond motifs is 2. The maximum Gasteiger partial charge on any atom is 0.176 e. The average molecular weight is 337 g/mol. The summed E-state index contributed by atoms with van der Waals surface area (Å²) in [5.41, 5.74) is 3.39. The van der Waals surface area contributed by atoms with Gasteiger partial charge in [-0.2, -0.15) is 5.10 Å². The summed E-state index contributed by atoms with van der Waals surface area (Å²) in [4.78, 5) is 9.09. The van der Waals surface area contributed by atoms with E-state index >= 15 is 0 Å². The molecule has 0 radical (unpaired) electrons. The Balaban J connectivity index is 1.40. The highest BCUT2D eigenvalue weighted by molar-refractivity contribution is 5.79. The lowest BCUT2D eigenvalue weighted by molar-refractivity contribution is 0.177. The summed E-state index contributed by atoms with van der Waals surface area (Å²) in [6.07, 6.45) is 2.04. The van der Waals surface area contributed by atoms with Gasteiger partial charge in [-0.3, -0.25) is 4.98 Å². The van der Waals surface area contributed by atoms with Crippen LogP contribution in [-0.4, -0.2) is 32.9 Å². The fraction of sp³-hybridized carbons (Fsp3) is 0.421. The number of nitrogens with zero attached hydrogens (tertiary/aromatic N) is 4. The van der Waals surface area contributed by atoms with E-state index in [1.54, 1.807) is 7.11 Å². The van der Waals surface area contributed by atoms with Gasteiger partial charge in [-0.15, -0.1) is 0 Å². The smallest absolute Gasteiger partial charge is 0.176 e. The number of hydrogen-bond acceptors (Lipinski definition) is 5. The van der Waals surface area contributed by atoms with Gasteiger partial charge in [0.25, 0.3) is 0 Å². The molecule has 6 nitrogen and oxygen atoms in total. The zero-order chi connectivity index (χ0) is 17.2. The van der Waals surface area contributed by atoms with Crippen molar-refractivity contribution in [3.8, 4) is 0 Å². The second-order valence-corrected chi connectivity index (χ2v) is 6.66. The summed E-state index contributed by atoms with van der Waals surface area (Å²) in [5, 5.41) is 9.37. The molecule has 0 bridgehead atoms. The molecule has 1 aromatic carbocycles. The molecule has 1 unspecified atom stereocenters. The van der Waals surface area contributed by atoms with Gasteiger partial charge in [0.1, 0.15) is 12.4 Å². The maximum absolute atomic E-state index is 5.12. The minimum absolute atomic E-state index is 0.413. The quantitative estimate of drug-likeness (QED) is 0.774. The Labute approximate surface area is 147 Å². The van der Waals surface area contributed by atoms with Crippen LogP contribution in [0.4, 0.5) is 0 Å². The van der Waals surface area contributed by atoms with Crippen molar-refractivity contribution >= 4 is 10.9 Å². The highest BCUT2D eigenvalue weighted by Gasteiger charge is 2.21. The third kappa shape index (κ3) is 3.55. The van der Waals surface area contributed by atoms with Crippen LogP contribution < -0.4 is 5.32 Å². The highest BCUT2D eigenvalue weighted by Crippen LogP contribution is 2.17. The van der Waals surface area contributed by atoms with Crippen LogP contribution in [0.3, 0.4) is 0 Å². The molecule has 0 fully saturated rings. The number of methoxy groups -OCH3 is 1. The summed E-state index contributed by atoms with van der Waals surface area (Å²) in [6, 6.07) is 11.1. The zero-order valence-electron chi connectivity index (χ0n) is 14.7. The Bertz CT molecular complexity index is 889. The second kappa shape index (κ2) is 6.90. The Morgan fingerprint density at radius 1 is 1.24 bits per heavy atom. The lowest BCUT2D eigenvalue weighted by Gasteiger charge is -2.23. The molecule has 6 heteroatoms. The van der Waals surface area contributed by atoms with Gasteiger partial charge in [0.15, 0.2) is 5.82 Å². The molecule has 0 saturated carbocycles. The van der Waals surface area contributed by atoms with Gasteiger partial charge in [-0.1, -0.05) is 12.1 Å². The van der Waals surface area contributed by atoms with Gasteiger partial charge in [0, 0.05) is 37.2 Å². The van der Waals surface area contributed by atoms with Crippen LogP contribution >= 0.6 is 0 Å². The number of aryl methyl sites for hydroxylation is 2. The molecule has 1 aliphatic heterocycles. The van der Waals surface area contributed by atoms with E-state index < -0.39 is 0 Å². The Morgan fingerprint density at radius 3 is 3.04 bits per heavy atom. The lowest BCUT2D eigenvalue weighted by atomic mass is 10.1. The Kier molecular flexibility index (Phi) is 4.46. The topological polar surface area (TPSA) is 64.9 Å². The van der Waals surface area contributed by atoms with Crippen molar-refractivity contribution in [3.05, 3.63) is 53.2 Å². The molecule has 0 saturated heterocycles. The third-order valence-corrected chi connectivity index (χ3v) is 4.66. The largest absolute Gasteiger partial charge is 0.377 e. The standard InChI is InChI=1S/C19H23N5O/c1-13-3-5-15-9-14(4-7-17(15)21-13)10-20-16-6-8-19-22-18(12-25-2)23-24(19)11-16/h3-5,7,9,16,20H,6,8,10-12H2,1-2H3. The monoisotopic (exact) mass is 337 g/mol. The molecule has 0 amide bonds. The molecular formula is C19H23N5O. The van der Waals surface area contributed by atoms with Gasteiger partial charge in [-0.05, 0) is 37.1 Å². The first-order chi connectivity index (χ1) is 12.2. The fourth-order valence-electron chi connectivity index (χ4n) is 3.37. The van der Waals surface area contributed by atoms with Crippen molar-refractivity contribution < 1.29 is 4.74 Å². The first kappa shape index (κ1) is 16.2. The predicted octanol–water partition coefficient (Wildman–Crippen LogP) is 2.39. The molecule has 3 aromatic rings. The summed E-state index contributed by atoms with van der Waals surface area (Å²) < 4.78 is 7.14. The van der Waals surface area contributed by atoms with Crippen molar-refractivity contribution in [1.82, 2.24) is 25.1 Å². The van der Waals surface area contributed by atoms with Crippen LogP contribution in [0.5, 0.6) is 0 Å². The van der Waals surface area contributed by atoms with E-state index in [1.807, 2.05) is 11.6 Å². The number of nitrogens with one attached hydrogen (secondary N) is 1. The minimum Gasteiger partial charge on any atom is -0.377 e. The van der Waals surface area contributed by atoms with E-state index in [0.717, 1.165) is 48.8 Å². The molecule has 3 heterocycles. The number of ether oxygens (including phenoxy) is 1. The molecule has 2 aromatic heterocycles. The normalized spacial score (nSPS) is 17.0. The third-order valence-electron chi connectivity index (χ3n) is 4.66. The van der Waals surface area contributed by atoms with Crippen LogP contribution in [0, 0.1) is 6.92 Å².